The second-order valence-corrected chi connectivity index (χ2v) is 8.50. The van der Waals surface area contributed by atoms with Gasteiger partial charge in [0, 0.05) is 25.7 Å². The molecule has 0 aliphatic carbocycles. The van der Waals surface area contributed by atoms with Crippen molar-refractivity contribution in [1.82, 2.24) is 24.6 Å². The van der Waals surface area contributed by atoms with E-state index in [1.54, 1.807) is 0 Å². The quantitative estimate of drug-likeness (QED) is 0.712. The standard InChI is InChI=1S/C19H22N6O2S/c1-11-9-24(18(26)13-3-2-4-14-16(13)28-19(20)21-14)10-15-22-23-17(25(11)15)12-5-7-27-8-6-12/h2-4,11-12H,5-10H2,1H3,(H2,20,21)/t11-/m0/s1. The molecule has 2 aliphatic heterocycles. The third-order valence-electron chi connectivity index (χ3n) is 5.59. The smallest absolute Gasteiger partial charge is 0.255 e. The van der Waals surface area contributed by atoms with Crippen LogP contribution in [0.1, 0.15) is 53.7 Å². The maximum absolute atomic E-state index is 13.3. The van der Waals surface area contributed by atoms with E-state index in [1.807, 2.05) is 23.1 Å². The zero-order valence-corrected chi connectivity index (χ0v) is 16.5. The molecule has 2 aliphatic rings. The summed E-state index contributed by atoms with van der Waals surface area (Å²) >= 11 is 1.35. The summed E-state index contributed by atoms with van der Waals surface area (Å²) in [4.78, 5) is 19.4. The van der Waals surface area contributed by atoms with Gasteiger partial charge >= 0.3 is 0 Å². The summed E-state index contributed by atoms with van der Waals surface area (Å²) in [6, 6.07) is 5.72. The van der Waals surface area contributed by atoms with Crippen LogP contribution in [0.3, 0.4) is 0 Å². The number of nitrogens with zero attached hydrogens (tertiary/aromatic N) is 5. The van der Waals surface area contributed by atoms with Gasteiger partial charge < -0.3 is 19.9 Å². The largest absolute Gasteiger partial charge is 0.381 e. The van der Waals surface area contributed by atoms with Crippen LogP contribution >= 0.6 is 11.3 Å². The molecular formula is C19H22N6O2S. The Morgan fingerprint density at radius 1 is 1.29 bits per heavy atom. The number of nitrogen functional groups attached to an aromatic ring is 1. The predicted octanol–water partition coefficient (Wildman–Crippen LogP) is 2.58. The van der Waals surface area contributed by atoms with Crippen LogP contribution in [0, 0.1) is 0 Å². The summed E-state index contributed by atoms with van der Waals surface area (Å²) in [5.41, 5.74) is 7.27. The van der Waals surface area contributed by atoms with E-state index in [0.717, 1.165) is 47.9 Å². The molecule has 9 heteroatoms. The second kappa shape index (κ2) is 6.82. The van der Waals surface area contributed by atoms with Crippen molar-refractivity contribution in [3.63, 3.8) is 0 Å². The first-order chi connectivity index (χ1) is 13.6. The number of ether oxygens (including phenoxy) is 1. The molecule has 1 saturated heterocycles. The molecule has 0 bridgehead atoms. The topological polar surface area (TPSA) is 99.2 Å². The van der Waals surface area contributed by atoms with Gasteiger partial charge in [-0.25, -0.2) is 4.98 Å². The summed E-state index contributed by atoms with van der Waals surface area (Å²) in [5, 5.41) is 9.39. The highest BCUT2D eigenvalue weighted by Gasteiger charge is 2.33. The van der Waals surface area contributed by atoms with Crippen molar-refractivity contribution >= 4 is 32.6 Å². The van der Waals surface area contributed by atoms with E-state index >= 15 is 0 Å². The average molecular weight is 398 g/mol. The molecule has 3 aromatic rings. The Morgan fingerprint density at radius 2 is 2.11 bits per heavy atom. The van der Waals surface area contributed by atoms with Crippen LogP contribution in [0.5, 0.6) is 0 Å². The van der Waals surface area contributed by atoms with Crippen molar-refractivity contribution < 1.29 is 9.53 Å². The number of rotatable bonds is 2. The Labute approximate surface area is 166 Å². The molecule has 2 N–H and O–H groups in total. The van der Waals surface area contributed by atoms with Crippen molar-refractivity contribution in [2.45, 2.75) is 38.3 Å². The number of hydrogen-bond acceptors (Lipinski definition) is 7. The SMILES string of the molecule is C[C@H]1CN(C(=O)c2cccc3nc(N)sc23)Cc2nnc(C3CCOCC3)n21. The molecule has 0 saturated carbocycles. The lowest BCUT2D eigenvalue weighted by Gasteiger charge is -2.34. The monoisotopic (exact) mass is 398 g/mol. The van der Waals surface area contributed by atoms with E-state index in [4.69, 9.17) is 10.5 Å². The predicted molar refractivity (Wildman–Crippen MR) is 106 cm³/mol. The van der Waals surface area contributed by atoms with Gasteiger partial charge in [-0.05, 0) is 31.9 Å². The number of benzene rings is 1. The van der Waals surface area contributed by atoms with Gasteiger partial charge in [0.15, 0.2) is 11.0 Å². The highest BCUT2D eigenvalue weighted by Crippen LogP contribution is 2.33. The molecule has 5 rings (SSSR count). The number of nitrogens with two attached hydrogens (primary N) is 1. The van der Waals surface area contributed by atoms with E-state index in [0.29, 0.717) is 29.7 Å². The highest BCUT2D eigenvalue weighted by atomic mass is 32.1. The number of thiazole rings is 1. The fourth-order valence-electron chi connectivity index (χ4n) is 4.26. The number of carbonyl (C=O) groups is 1. The van der Waals surface area contributed by atoms with Crippen molar-refractivity contribution in [2.75, 3.05) is 25.5 Å². The molecule has 2 aromatic heterocycles. The Morgan fingerprint density at radius 3 is 2.93 bits per heavy atom. The van der Waals surface area contributed by atoms with E-state index in [9.17, 15) is 4.79 Å². The maximum Gasteiger partial charge on any atom is 0.255 e. The fraction of sp³-hybridized carbons (Fsp3) is 0.474. The third-order valence-corrected chi connectivity index (χ3v) is 6.52. The normalized spacial score (nSPS) is 20.5. The van der Waals surface area contributed by atoms with Gasteiger partial charge in [-0.15, -0.1) is 10.2 Å². The lowest BCUT2D eigenvalue weighted by atomic mass is 9.98. The average Bonchev–Trinajstić information content (AvgIpc) is 3.30. The molecule has 1 atom stereocenters. The minimum atomic E-state index is -0.0111. The molecule has 8 nitrogen and oxygen atoms in total. The Bertz CT molecular complexity index is 1040. The first-order valence-corrected chi connectivity index (χ1v) is 10.4. The van der Waals surface area contributed by atoms with Gasteiger partial charge in [0.25, 0.3) is 5.91 Å². The first-order valence-electron chi connectivity index (χ1n) is 9.57. The lowest BCUT2D eigenvalue weighted by Crippen LogP contribution is -2.41. The Balaban J connectivity index is 1.44. The number of anilines is 1. The number of fused-ring (bicyclic) bond motifs is 2. The van der Waals surface area contributed by atoms with E-state index in [-0.39, 0.29) is 11.9 Å². The Kier molecular flexibility index (Phi) is 4.28. The molecule has 0 spiro atoms. The van der Waals surface area contributed by atoms with E-state index in [2.05, 4.69) is 26.7 Å². The zero-order chi connectivity index (χ0) is 19.3. The molecule has 146 valence electrons. The summed E-state index contributed by atoms with van der Waals surface area (Å²) in [6.07, 6.45) is 1.95. The van der Waals surface area contributed by atoms with Crippen LogP contribution in [-0.4, -0.2) is 50.3 Å². The van der Waals surface area contributed by atoms with Gasteiger partial charge in [-0.2, -0.15) is 0 Å². The second-order valence-electron chi connectivity index (χ2n) is 7.47. The third kappa shape index (κ3) is 2.85. The van der Waals surface area contributed by atoms with Crippen LogP contribution in [0.4, 0.5) is 5.13 Å². The molecule has 0 unspecified atom stereocenters. The summed E-state index contributed by atoms with van der Waals surface area (Å²) in [6.45, 7) is 4.76. The van der Waals surface area contributed by atoms with Crippen LogP contribution in [-0.2, 0) is 11.3 Å². The van der Waals surface area contributed by atoms with Crippen LogP contribution in [0.25, 0.3) is 10.2 Å². The van der Waals surface area contributed by atoms with Crippen molar-refractivity contribution in [3.05, 3.63) is 35.4 Å². The molecule has 4 heterocycles. The lowest BCUT2D eigenvalue weighted by molar-refractivity contribution is 0.0671. The summed E-state index contributed by atoms with van der Waals surface area (Å²) in [7, 11) is 0. The molecule has 1 amide bonds. The first kappa shape index (κ1) is 17.6. The fourth-order valence-corrected chi connectivity index (χ4v) is 5.09. The van der Waals surface area contributed by atoms with Gasteiger partial charge in [-0.1, -0.05) is 17.4 Å². The van der Waals surface area contributed by atoms with E-state index < -0.39 is 0 Å². The van der Waals surface area contributed by atoms with E-state index in [1.165, 1.54) is 11.3 Å². The molecule has 0 radical (unpaired) electrons. The molecule has 1 aromatic carbocycles. The van der Waals surface area contributed by atoms with Crippen LogP contribution in [0.2, 0.25) is 0 Å². The van der Waals surface area contributed by atoms with Gasteiger partial charge in [-0.3, -0.25) is 4.79 Å². The number of amides is 1. The number of hydrogen-bond donors (Lipinski definition) is 1. The Hall–Kier alpha value is -2.52. The van der Waals surface area contributed by atoms with Gasteiger partial charge in [0.2, 0.25) is 0 Å². The molecular weight excluding hydrogens is 376 g/mol. The van der Waals surface area contributed by atoms with Gasteiger partial charge in [0.1, 0.15) is 5.82 Å². The summed E-state index contributed by atoms with van der Waals surface area (Å²) < 4.78 is 8.55. The summed E-state index contributed by atoms with van der Waals surface area (Å²) in [5.74, 6) is 2.26. The minimum absolute atomic E-state index is 0.0111. The van der Waals surface area contributed by atoms with Gasteiger partial charge in [0.05, 0.1) is 28.4 Å². The minimum Gasteiger partial charge on any atom is -0.381 e. The maximum atomic E-state index is 13.3. The van der Waals surface area contributed by atoms with Crippen LogP contribution < -0.4 is 5.73 Å². The highest BCUT2D eigenvalue weighted by molar-refractivity contribution is 7.22. The van der Waals surface area contributed by atoms with Crippen molar-refractivity contribution in [1.29, 1.82) is 0 Å². The number of carbonyl (C=O) groups excluding carboxylic acids is 1. The zero-order valence-electron chi connectivity index (χ0n) is 15.7. The van der Waals surface area contributed by atoms with Crippen molar-refractivity contribution in [2.24, 2.45) is 0 Å². The number of aromatic nitrogens is 4. The van der Waals surface area contributed by atoms with Crippen molar-refractivity contribution in [3.8, 4) is 0 Å². The molecule has 28 heavy (non-hydrogen) atoms. The van der Waals surface area contributed by atoms with Crippen LogP contribution in [0.15, 0.2) is 18.2 Å². The molecule has 1 fully saturated rings.